The van der Waals surface area contributed by atoms with Crippen molar-refractivity contribution in [1.82, 2.24) is 0 Å². The molecule has 33 heavy (non-hydrogen) atoms. The van der Waals surface area contributed by atoms with Crippen LogP contribution in [0.3, 0.4) is 0 Å². The lowest BCUT2D eigenvalue weighted by Gasteiger charge is -2.27. The Morgan fingerprint density at radius 2 is 1.82 bits per heavy atom. The summed E-state index contributed by atoms with van der Waals surface area (Å²) >= 11 is 3.41. The number of ketones is 1. The average Bonchev–Trinajstić information content (AvgIpc) is 3.46. The summed E-state index contributed by atoms with van der Waals surface area (Å²) in [6.07, 6.45) is 0. The molecular weight excluding hydrogens is 486 g/mol. The van der Waals surface area contributed by atoms with Crippen LogP contribution < -0.4 is 4.90 Å². The fourth-order valence-electron chi connectivity index (χ4n) is 4.21. The highest BCUT2D eigenvalue weighted by Gasteiger charge is 2.47. The Labute approximate surface area is 198 Å². The molecule has 2 aromatic carbocycles. The van der Waals surface area contributed by atoms with Gasteiger partial charge in [0.25, 0.3) is 5.91 Å². The van der Waals surface area contributed by atoms with Gasteiger partial charge in [0, 0.05) is 15.5 Å². The van der Waals surface area contributed by atoms with Gasteiger partial charge in [0.1, 0.15) is 23.1 Å². The molecule has 5 rings (SSSR count). The number of anilines is 1. The average molecular weight is 506 g/mol. The standard InChI is InChI=1S/C26H20BrNO5/c1-13-5-4-6-18(15(13)3)28-23(20-9-7-14(2)32-20)22(25(30)26(28)31)24(29)21-12-16-11-17(27)8-10-19(16)33-21/h4-12,23,30H,1-3H3. The Morgan fingerprint density at radius 3 is 2.55 bits per heavy atom. The van der Waals surface area contributed by atoms with E-state index >= 15 is 0 Å². The molecule has 0 saturated carbocycles. The van der Waals surface area contributed by atoms with E-state index in [2.05, 4.69) is 15.9 Å². The lowest BCUT2D eigenvalue weighted by Crippen LogP contribution is -2.31. The van der Waals surface area contributed by atoms with E-state index in [1.54, 1.807) is 37.3 Å². The number of Topliss-reactive ketones (excluding diaryl/α,β-unsaturated/α-hetero) is 1. The molecule has 0 bridgehead atoms. The number of carbonyl (C=O) groups excluding carboxylic acids is 2. The monoisotopic (exact) mass is 505 g/mol. The predicted molar refractivity (Wildman–Crippen MR) is 127 cm³/mol. The summed E-state index contributed by atoms with van der Waals surface area (Å²) < 4.78 is 12.5. The first-order valence-electron chi connectivity index (χ1n) is 10.4. The van der Waals surface area contributed by atoms with Crippen LogP contribution in [-0.2, 0) is 4.79 Å². The van der Waals surface area contributed by atoms with Crippen LogP contribution in [0.4, 0.5) is 5.69 Å². The Hall–Kier alpha value is -3.58. The van der Waals surface area contributed by atoms with E-state index in [-0.39, 0.29) is 11.3 Å². The zero-order chi connectivity index (χ0) is 23.4. The summed E-state index contributed by atoms with van der Waals surface area (Å²) in [4.78, 5) is 28.4. The molecule has 3 heterocycles. The fraction of sp³-hybridized carbons (Fsp3) is 0.154. The Morgan fingerprint density at radius 1 is 1.03 bits per heavy atom. The number of carbonyl (C=O) groups is 2. The van der Waals surface area contributed by atoms with Crippen LogP contribution in [0.2, 0.25) is 0 Å². The van der Waals surface area contributed by atoms with Crippen LogP contribution in [0.5, 0.6) is 0 Å². The van der Waals surface area contributed by atoms with Crippen molar-refractivity contribution >= 4 is 44.3 Å². The van der Waals surface area contributed by atoms with Gasteiger partial charge in [-0.15, -0.1) is 0 Å². The zero-order valence-electron chi connectivity index (χ0n) is 18.2. The predicted octanol–water partition coefficient (Wildman–Crippen LogP) is 6.50. The van der Waals surface area contributed by atoms with Gasteiger partial charge >= 0.3 is 0 Å². The Bertz CT molecular complexity index is 1480. The van der Waals surface area contributed by atoms with Crippen molar-refractivity contribution in [2.24, 2.45) is 0 Å². The smallest absolute Gasteiger partial charge is 0.294 e. The van der Waals surface area contributed by atoms with Crippen molar-refractivity contribution in [2.75, 3.05) is 4.90 Å². The van der Waals surface area contributed by atoms with Crippen molar-refractivity contribution in [3.8, 4) is 0 Å². The van der Waals surface area contributed by atoms with Crippen molar-refractivity contribution in [3.05, 3.63) is 98.8 Å². The minimum atomic E-state index is -0.931. The number of aryl methyl sites for hydroxylation is 2. The highest BCUT2D eigenvalue weighted by Crippen LogP contribution is 2.44. The molecule has 4 aromatic rings. The number of fused-ring (bicyclic) bond motifs is 1. The molecule has 0 radical (unpaired) electrons. The van der Waals surface area contributed by atoms with Crippen LogP contribution in [-0.4, -0.2) is 16.8 Å². The second kappa shape index (κ2) is 7.78. The molecule has 1 aliphatic rings. The largest absolute Gasteiger partial charge is 0.503 e. The van der Waals surface area contributed by atoms with Gasteiger partial charge in [-0.2, -0.15) is 0 Å². The van der Waals surface area contributed by atoms with E-state index in [1.165, 1.54) is 4.90 Å². The number of hydrogen-bond acceptors (Lipinski definition) is 5. The van der Waals surface area contributed by atoms with Crippen LogP contribution in [0, 0.1) is 20.8 Å². The molecule has 7 heteroatoms. The van der Waals surface area contributed by atoms with Gasteiger partial charge in [-0.1, -0.05) is 28.1 Å². The lowest BCUT2D eigenvalue weighted by molar-refractivity contribution is -0.117. The molecule has 166 valence electrons. The SMILES string of the molecule is Cc1ccc(C2C(C(=O)c3cc4cc(Br)ccc4o3)=C(O)C(=O)N2c2cccc(C)c2C)o1. The van der Waals surface area contributed by atoms with Crippen molar-refractivity contribution in [1.29, 1.82) is 0 Å². The molecule has 1 atom stereocenters. The first-order chi connectivity index (χ1) is 15.8. The van der Waals surface area contributed by atoms with Crippen molar-refractivity contribution in [2.45, 2.75) is 26.8 Å². The van der Waals surface area contributed by atoms with Gasteiger partial charge in [-0.3, -0.25) is 14.5 Å². The summed E-state index contributed by atoms with van der Waals surface area (Å²) in [5.74, 6) is -0.793. The Balaban J connectivity index is 1.68. The molecule has 0 spiro atoms. The number of benzene rings is 2. The fourth-order valence-corrected chi connectivity index (χ4v) is 4.59. The topological polar surface area (TPSA) is 83.9 Å². The lowest BCUT2D eigenvalue weighted by atomic mass is 9.98. The van der Waals surface area contributed by atoms with Crippen molar-refractivity contribution in [3.63, 3.8) is 0 Å². The van der Waals surface area contributed by atoms with Gasteiger partial charge in [0.05, 0.1) is 5.57 Å². The first-order valence-corrected chi connectivity index (χ1v) is 11.2. The maximum absolute atomic E-state index is 13.6. The normalized spacial score (nSPS) is 16.3. The number of rotatable bonds is 4. The summed E-state index contributed by atoms with van der Waals surface area (Å²) in [6, 6.07) is 15.1. The van der Waals surface area contributed by atoms with E-state index in [0.29, 0.717) is 22.8 Å². The van der Waals surface area contributed by atoms with Gasteiger partial charge in [-0.05, 0) is 74.4 Å². The Kier molecular flexibility index (Phi) is 5.01. The van der Waals surface area contributed by atoms with E-state index in [9.17, 15) is 14.7 Å². The van der Waals surface area contributed by atoms with E-state index < -0.39 is 23.5 Å². The van der Waals surface area contributed by atoms with E-state index in [4.69, 9.17) is 8.83 Å². The van der Waals surface area contributed by atoms with Gasteiger partial charge in [-0.25, -0.2) is 0 Å². The molecule has 2 aromatic heterocycles. The van der Waals surface area contributed by atoms with Crippen LogP contribution in [0.1, 0.15) is 39.2 Å². The minimum Gasteiger partial charge on any atom is -0.503 e. The second-order valence-corrected chi connectivity index (χ2v) is 9.05. The number of furan rings is 2. The van der Waals surface area contributed by atoms with Crippen LogP contribution >= 0.6 is 15.9 Å². The molecule has 1 aliphatic heterocycles. The third kappa shape index (κ3) is 3.40. The van der Waals surface area contributed by atoms with Crippen LogP contribution in [0.25, 0.3) is 11.0 Å². The van der Waals surface area contributed by atoms with Crippen LogP contribution in [0.15, 0.2) is 79.2 Å². The number of nitrogens with zero attached hydrogens (tertiary/aromatic N) is 1. The van der Waals surface area contributed by atoms with E-state index in [1.807, 2.05) is 38.1 Å². The van der Waals surface area contributed by atoms with Gasteiger partial charge in [0.15, 0.2) is 11.5 Å². The maximum atomic E-state index is 13.6. The maximum Gasteiger partial charge on any atom is 0.294 e. The molecule has 1 amide bonds. The number of aliphatic hydroxyl groups is 1. The second-order valence-electron chi connectivity index (χ2n) is 8.13. The molecule has 0 fully saturated rings. The highest BCUT2D eigenvalue weighted by molar-refractivity contribution is 9.10. The summed E-state index contributed by atoms with van der Waals surface area (Å²) in [7, 11) is 0. The molecule has 1 N–H and O–H groups in total. The summed E-state index contributed by atoms with van der Waals surface area (Å²) in [5, 5.41) is 11.6. The number of amides is 1. The molecular formula is C26H20BrNO5. The number of halogens is 1. The summed E-state index contributed by atoms with van der Waals surface area (Å²) in [6.45, 7) is 5.62. The molecule has 6 nitrogen and oxygen atoms in total. The number of aliphatic hydroxyl groups excluding tert-OH is 1. The first kappa shape index (κ1) is 21.3. The quantitative estimate of drug-likeness (QED) is 0.320. The molecule has 0 saturated heterocycles. The molecule has 0 aliphatic carbocycles. The van der Waals surface area contributed by atoms with Gasteiger partial charge in [0.2, 0.25) is 5.78 Å². The summed E-state index contributed by atoms with van der Waals surface area (Å²) in [5.41, 5.74) is 2.91. The minimum absolute atomic E-state index is 0.0357. The van der Waals surface area contributed by atoms with E-state index in [0.717, 1.165) is 21.0 Å². The van der Waals surface area contributed by atoms with Crippen molar-refractivity contribution < 1.29 is 23.5 Å². The number of hydrogen-bond donors (Lipinski definition) is 1. The highest BCUT2D eigenvalue weighted by atomic mass is 79.9. The zero-order valence-corrected chi connectivity index (χ0v) is 19.8. The third-order valence-electron chi connectivity index (χ3n) is 6.02. The molecule has 1 unspecified atom stereocenters. The third-order valence-corrected chi connectivity index (χ3v) is 6.51. The van der Waals surface area contributed by atoms with Gasteiger partial charge < -0.3 is 13.9 Å².